The Kier molecular flexibility index (Phi) is 8.07. The van der Waals surface area contributed by atoms with E-state index in [-0.39, 0.29) is 0 Å². The van der Waals surface area contributed by atoms with Crippen LogP contribution in [-0.4, -0.2) is 26.8 Å². The highest BCUT2D eigenvalue weighted by atomic mass is 16.5. The minimum Gasteiger partial charge on any atom is -0.385 e. The number of ether oxygens (including phenoxy) is 1. The molecule has 0 aliphatic heterocycles. The molecule has 0 saturated heterocycles. The van der Waals surface area contributed by atoms with Gasteiger partial charge in [0.05, 0.1) is 0 Å². The van der Waals surface area contributed by atoms with Gasteiger partial charge in [0.15, 0.2) is 0 Å². The maximum atomic E-state index is 5.08. The molecular formula is C13H29NO. The van der Waals surface area contributed by atoms with Gasteiger partial charge in [-0.2, -0.15) is 0 Å². The van der Waals surface area contributed by atoms with Crippen LogP contribution in [0.25, 0.3) is 0 Å². The van der Waals surface area contributed by atoms with Gasteiger partial charge in [-0.1, -0.05) is 34.1 Å². The average Bonchev–Trinajstić information content (AvgIpc) is 2.21. The molecular weight excluding hydrogens is 186 g/mol. The van der Waals surface area contributed by atoms with E-state index in [1.54, 1.807) is 7.11 Å². The van der Waals surface area contributed by atoms with Crippen molar-refractivity contribution in [2.75, 3.05) is 26.8 Å². The normalized spacial score (nSPS) is 15.6. The number of hydrogen-bond acceptors (Lipinski definition) is 2. The van der Waals surface area contributed by atoms with E-state index in [0.29, 0.717) is 5.41 Å². The van der Waals surface area contributed by atoms with Crippen LogP contribution in [0.3, 0.4) is 0 Å². The van der Waals surface area contributed by atoms with Crippen molar-refractivity contribution in [1.29, 1.82) is 0 Å². The summed E-state index contributed by atoms with van der Waals surface area (Å²) in [6, 6.07) is 0. The Balaban J connectivity index is 3.90. The Bertz CT molecular complexity index is 147. The molecule has 0 fully saturated rings. The molecule has 0 spiro atoms. The van der Waals surface area contributed by atoms with Crippen LogP contribution in [0.5, 0.6) is 0 Å². The first-order valence-electron chi connectivity index (χ1n) is 6.26. The number of rotatable bonds is 9. The van der Waals surface area contributed by atoms with E-state index in [1.165, 1.54) is 19.3 Å². The lowest BCUT2D eigenvalue weighted by molar-refractivity contribution is 0.161. The molecule has 1 N–H and O–H groups in total. The standard InChI is InChI=1S/C13H29NO/c1-6-14-11-13(4,12(2)3)9-7-8-10-15-5/h12,14H,6-11H2,1-5H3. The topological polar surface area (TPSA) is 21.3 Å². The highest BCUT2D eigenvalue weighted by molar-refractivity contribution is 4.79. The van der Waals surface area contributed by atoms with Gasteiger partial charge in [0.1, 0.15) is 0 Å². The van der Waals surface area contributed by atoms with Gasteiger partial charge in [-0.25, -0.2) is 0 Å². The molecule has 0 aliphatic rings. The molecule has 2 nitrogen and oxygen atoms in total. The predicted octanol–water partition coefficient (Wildman–Crippen LogP) is 3.07. The Morgan fingerprint density at radius 2 is 1.93 bits per heavy atom. The van der Waals surface area contributed by atoms with Crippen molar-refractivity contribution in [2.24, 2.45) is 11.3 Å². The minimum atomic E-state index is 0.434. The molecule has 0 heterocycles. The van der Waals surface area contributed by atoms with Gasteiger partial charge in [0.2, 0.25) is 0 Å². The number of nitrogens with one attached hydrogen (secondary N) is 1. The van der Waals surface area contributed by atoms with Gasteiger partial charge < -0.3 is 10.1 Å². The van der Waals surface area contributed by atoms with Crippen LogP contribution < -0.4 is 5.32 Å². The van der Waals surface area contributed by atoms with Gasteiger partial charge >= 0.3 is 0 Å². The lowest BCUT2D eigenvalue weighted by Crippen LogP contribution is -2.36. The summed E-state index contributed by atoms with van der Waals surface area (Å²) in [5.41, 5.74) is 0.434. The molecule has 0 radical (unpaired) electrons. The van der Waals surface area contributed by atoms with Crippen LogP contribution in [0, 0.1) is 11.3 Å². The number of hydrogen-bond donors (Lipinski definition) is 1. The molecule has 0 bridgehead atoms. The minimum absolute atomic E-state index is 0.434. The second kappa shape index (κ2) is 8.12. The number of unbranched alkanes of at least 4 members (excludes halogenated alkanes) is 1. The van der Waals surface area contributed by atoms with Crippen molar-refractivity contribution in [3.63, 3.8) is 0 Å². The summed E-state index contributed by atoms with van der Waals surface area (Å²) < 4.78 is 5.08. The summed E-state index contributed by atoms with van der Waals surface area (Å²) in [6.07, 6.45) is 3.75. The SMILES string of the molecule is CCNCC(C)(CCCCOC)C(C)C. The quantitative estimate of drug-likeness (QED) is 0.597. The summed E-state index contributed by atoms with van der Waals surface area (Å²) in [7, 11) is 1.78. The average molecular weight is 215 g/mol. The molecule has 92 valence electrons. The third-order valence-electron chi connectivity index (χ3n) is 3.52. The zero-order valence-corrected chi connectivity index (χ0v) is 11.2. The van der Waals surface area contributed by atoms with Crippen molar-refractivity contribution in [3.05, 3.63) is 0 Å². The molecule has 0 aromatic heterocycles. The van der Waals surface area contributed by atoms with Gasteiger partial charge in [-0.3, -0.25) is 0 Å². The van der Waals surface area contributed by atoms with Crippen molar-refractivity contribution in [1.82, 2.24) is 5.32 Å². The summed E-state index contributed by atoms with van der Waals surface area (Å²) in [6.45, 7) is 12.3. The highest BCUT2D eigenvalue weighted by Crippen LogP contribution is 2.32. The van der Waals surface area contributed by atoms with Crippen molar-refractivity contribution in [3.8, 4) is 0 Å². The molecule has 0 aliphatic carbocycles. The Morgan fingerprint density at radius 1 is 1.27 bits per heavy atom. The van der Waals surface area contributed by atoms with E-state index < -0.39 is 0 Å². The van der Waals surface area contributed by atoms with Gasteiger partial charge in [-0.05, 0) is 30.7 Å². The molecule has 0 saturated carbocycles. The van der Waals surface area contributed by atoms with Crippen LogP contribution in [0.2, 0.25) is 0 Å². The fourth-order valence-corrected chi connectivity index (χ4v) is 1.77. The molecule has 0 aromatic carbocycles. The van der Waals surface area contributed by atoms with Gasteiger partial charge in [0.25, 0.3) is 0 Å². The largest absolute Gasteiger partial charge is 0.385 e. The molecule has 1 atom stereocenters. The van der Waals surface area contributed by atoms with Crippen molar-refractivity contribution in [2.45, 2.75) is 47.0 Å². The maximum Gasteiger partial charge on any atom is 0.0462 e. The molecule has 0 aromatic rings. The number of methoxy groups -OCH3 is 1. The van der Waals surface area contributed by atoms with E-state index in [1.807, 2.05) is 0 Å². The Morgan fingerprint density at radius 3 is 2.40 bits per heavy atom. The van der Waals surface area contributed by atoms with Crippen LogP contribution in [0.15, 0.2) is 0 Å². The third-order valence-corrected chi connectivity index (χ3v) is 3.52. The first-order valence-corrected chi connectivity index (χ1v) is 6.26. The molecule has 2 heteroatoms. The highest BCUT2D eigenvalue weighted by Gasteiger charge is 2.26. The van der Waals surface area contributed by atoms with E-state index in [4.69, 9.17) is 4.74 Å². The summed E-state index contributed by atoms with van der Waals surface area (Å²) >= 11 is 0. The van der Waals surface area contributed by atoms with Crippen molar-refractivity contribution >= 4 is 0 Å². The van der Waals surface area contributed by atoms with Crippen LogP contribution in [0.4, 0.5) is 0 Å². The monoisotopic (exact) mass is 215 g/mol. The first-order chi connectivity index (χ1) is 7.06. The summed E-state index contributed by atoms with van der Waals surface area (Å²) in [4.78, 5) is 0. The van der Waals surface area contributed by atoms with E-state index >= 15 is 0 Å². The first kappa shape index (κ1) is 14.9. The smallest absolute Gasteiger partial charge is 0.0462 e. The molecule has 1 unspecified atom stereocenters. The van der Waals surface area contributed by atoms with Gasteiger partial charge in [-0.15, -0.1) is 0 Å². The van der Waals surface area contributed by atoms with Crippen LogP contribution in [0.1, 0.15) is 47.0 Å². The van der Waals surface area contributed by atoms with Crippen LogP contribution >= 0.6 is 0 Å². The summed E-state index contributed by atoms with van der Waals surface area (Å²) in [5, 5.41) is 3.48. The fourth-order valence-electron chi connectivity index (χ4n) is 1.77. The Labute approximate surface area is 95.8 Å². The second-order valence-corrected chi connectivity index (χ2v) is 5.04. The lowest BCUT2D eigenvalue weighted by Gasteiger charge is -2.34. The van der Waals surface area contributed by atoms with E-state index in [9.17, 15) is 0 Å². The predicted molar refractivity (Wildman–Crippen MR) is 67.2 cm³/mol. The zero-order chi connectivity index (χ0) is 11.7. The Hall–Kier alpha value is -0.0800. The van der Waals surface area contributed by atoms with Crippen molar-refractivity contribution < 1.29 is 4.74 Å². The fraction of sp³-hybridized carbons (Fsp3) is 1.00. The molecule has 15 heavy (non-hydrogen) atoms. The van der Waals surface area contributed by atoms with Crippen LogP contribution in [-0.2, 0) is 4.74 Å². The lowest BCUT2D eigenvalue weighted by atomic mass is 9.75. The molecule has 0 rings (SSSR count). The van der Waals surface area contributed by atoms with E-state index in [0.717, 1.165) is 25.6 Å². The summed E-state index contributed by atoms with van der Waals surface area (Å²) in [5.74, 6) is 0.735. The van der Waals surface area contributed by atoms with Gasteiger partial charge in [0, 0.05) is 20.3 Å². The van der Waals surface area contributed by atoms with E-state index in [2.05, 4.69) is 33.0 Å². The maximum absolute atomic E-state index is 5.08. The zero-order valence-electron chi connectivity index (χ0n) is 11.2. The third kappa shape index (κ3) is 6.16. The second-order valence-electron chi connectivity index (χ2n) is 5.04. The molecule has 0 amide bonds.